The number of sulfonamides is 1. The number of piperidine rings is 1. The van der Waals surface area contributed by atoms with E-state index in [0.29, 0.717) is 37.0 Å². The summed E-state index contributed by atoms with van der Waals surface area (Å²) in [6, 6.07) is 10.3. The summed E-state index contributed by atoms with van der Waals surface area (Å²) < 4.78 is 71.9. The van der Waals surface area contributed by atoms with Gasteiger partial charge >= 0.3 is 0 Å². The Labute approximate surface area is 241 Å². The van der Waals surface area contributed by atoms with Crippen molar-refractivity contribution >= 4 is 32.7 Å². The van der Waals surface area contributed by atoms with Gasteiger partial charge in [0, 0.05) is 54.3 Å². The van der Waals surface area contributed by atoms with Crippen molar-refractivity contribution < 1.29 is 21.6 Å². The van der Waals surface area contributed by atoms with Gasteiger partial charge in [-0.1, -0.05) is 31.2 Å². The Hall–Kier alpha value is -3.97. The molecule has 9 nitrogen and oxygen atoms in total. The number of hydrogen-bond donors (Lipinski definition) is 3. The van der Waals surface area contributed by atoms with Crippen molar-refractivity contribution in [1.82, 2.24) is 19.9 Å². The molecular formula is C29H31F3N6O3S. The minimum Gasteiger partial charge on any atom is -0.350 e. The summed E-state index contributed by atoms with van der Waals surface area (Å²) in [5.74, 6) is -1.99. The van der Waals surface area contributed by atoms with Gasteiger partial charge in [0.15, 0.2) is 0 Å². The average Bonchev–Trinajstić information content (AvgIpc) is 2.94. The van der Waals surface area contributed by atoms with Gasteiger partial charge in [0.05, 0.1) is 11.4 Å². The van der Waals surface area contributed by atoms with Crippen molar-refractivity contribution in [2.45, 2.75) is 50.7 Å². The molecule has 1 fully saturated rings. The van der Waals surface area contributed by atoms with E-state index in [4.69, 9.17) is 0 Å². The van der Waals surface area contributed by atoms with Crippen molar-refractivity contribution in [3.8, 4) is 11.1 Å². The third kappa shape index (κ3) is 6.41. The van der Waals surface area contributed by atoms with Crippen LogP contribution in [-0.2, 0) is 15.8 Å². The van der Waals surface area contributed by atoms with E-state index in [0.717, 1.165) is 12.1 Å². The van der Waals surface area contributed by atoms with Crippen molar-refractivity contribution in [2.24, 2.45) is 0 Å². The number of aromatic nitrogens is 3. The molecule has 0 bridgehead atoms. The minimum atomic E-state index is -4.13. The van der Waals surface area contributed by atoms with Gasteiger partial charge in [-0.05, 0) is 43.2 Å². The Bertz CT molecular complexity index is 1780. The number of nitrogens with one attached hydrogen (secondary N) is 3. The third-order valence-corrected chi connectivity index (χ3v) is 8.51. The van der Waals surface area contributed by atoms with Crippen LogP contribution >= 0.6 is 0 Å². The van der Waals surface area contributed by atoms with Crippen LogP contribution in [0.15, 0.2) is 59.5 Å². The average molecular weight is 601 g/mol. The maximum absolute atomic E-state index is 15.2. The molecule has 0 radical (unpaired) electrons. The highest BCUT2D eigenvalue weighted by Crippen LogP contribution is 2.27. The van der Waals surface area contributed by atoms with Gasteiger partial charge in [0.25, 0.3) is 5.56 Å². The topological polar surface area (TPSA) is 118 Å². The number of fused-ring (bicyclic) bond motifs is 1. The van der Waals surface area contributed by atoms with Crippen LogP contribution in [-0.4, -0.2) is 48.3 Å². The lowest BCUT2D eigenvalue weighted by Crippen LogP contribution is -2.44. The fourth-order valence-corrected chi connectivity index (χ4v) is 6.18. The van der Waals surface area contributed by atoms with E-state index in [2.05, 4.69) is 25.3 Å². The molecule has 0 unspecified atom stereocenters. The highest BCUT2D eigenvalue weighted by molar-refractivity contribution is 7.91. The number of pyridine rings is 1. The van der Waals surface area contributed by atoms with Crippen LogP contribution in [0, 0.1) is 11.6 Å². The van der Waals surface area contributed by atoms with Gasteiger partial charge < -0.3 is 10.6 Å². The summed E-state index contributed by atoms with van der Waals surface area (Å²) in [6.07, 6.45) is 1.49. The first-order chi connectivity index (χ1) is 20.0. The minimum absolute atomic E-state index is 0.0496. The molecule has 0 spiro atoms. The molecular weight excluding hydrogens is 569 g/mol. The number of rotatable bonds is 9. The largest absolute Gasteiger partial charge is 0.350 e. The second-order valence-corrected chi connectivity index (χ2v) is 12.2. The quantitative estimate of drug-likeness (QED) is 0.254. The number of nitrogens with zero attached hydrogens (tertiary/aromatic N) is 3. The van der Waals surface area contributed by atoms with E-state index < -0.39 is 39.1 Å². The number of alkyl halides is 1. The molecule has 222 valence electrons. The van der Waals surface area contributed by atoms with Gasteiger partial charge in [0.2, 0.25) is 16.0 Å². The first-order valence-corrected chi connectivity index (χ1v) is 15.3. The maximum Gasteiger partial charge on any atom is 0.260 e. The zero-order valence-electron chi connectivity index (χ0n) is 23.1. The normalized spacial score (nSPS) is 18.1. The first kappa shape index (κ1) is 29.5. The molecule has 4 aromatic rings. The Balaban J connectivity index is 1.47. The zero-order chi connectivity index (χ0) is 30.0. The fraction of sp³-hybridized carbons (Fsp3) is 0.345. The van der Waals surface area contributed by atoms with Crippen LogP contribution in [0.5, 0.6) is 0 Å². The summed E-state index contributed by atoms with van der Waals surface area (Å²) in [4.78, 5) is 22.7. The molecule has 3 atom stereocenters. The second-order valence-electron chi connectivity index (χ2n) is 10.4. The first-order valence-electron chi connectivity index (χ1n) is 13.6. The van der Waals surface area contributed by atoms with Gasteiger partial charge in [-0.2, -0.15) is 4.98 Å². The Morgan fingerprint density at radius 3 is 2.62 bits per heavy atom. The molecule has 5 rings (SSSR count). The Morgan fingerprint density at radius 1 is 1.12 bits per heavy atom. The van der Waals surface area contributed by atoms with E-state index in [9.17, 15) is 22.0 Å². The lowest BCUT2D eigenvalue weighted by atomic mass is 10.0. The van der Waals surface area contributed by atoms with Gasteiger partial charge in [-0.3, -0.25) is 14.1 Å². The summed E-state index contributed by atoms with van der Waals surface area (Å²) in [5, 5.41) is 6.69. The molecule has 0 amide bonds. The molecule has 2 aromatic carbocycles. The smallest absolute Gasteiger partial charge is 0.260 e. The van der Waals surface area contributed by atoms with Crippen molar-refractivity contribution in [3.05, 3.63) is 82.3 Å². The zero-order valence-corrected chi connectivity index (χ0v) is 23.9. The lowest BCUT2D eigenvalue weighted by molar-refractivity contribution is 0.254. The van der Waals surface area contributed by atoms with Gasteiger partial charge in [0.1, 0.15) is 23.5 Å². The van der Waals surface area contributed by atoms with Crippen LogP contribution in [0.3, 0.4) is 0 Å². The molecule has 0 saturated carbocycles. The molecule has 2 aromatic heterocycles. The summed E-state index contributed by atoms with van der Waals surface area (Å²) in [7, 11) is -4.13. The summed E-state index contributed by atoms with van der Waals surface area (Å²) >= 11 is 0. The monoisotopic (exact) mass is 600 g/mol. The molecule has 13 heteroatoms. The summed E-state index contributed by atoms with van der Waals surface area (Å²) in [6.45, 7) is 4.65. The fourth-order valence-electron chi connectivity index (χ4n) is 4.96. The van der Waals surface area contributed by atoms with E-state index in [1.807, 2.05) is 13.8 Å². The van der Waals surface area contributed by atoms with Crippen molar-refractivity contribution in [1.29, 1.82) is 0 Å². The van der Waals surface area contributed by atoms with Crippen LogP contribution in [0.25, 0.3) is 22.2 Å². The maximum atomic E-state index is 15.2. The number of benzene rings is 2. The molecule has 1 saturated heterocycles. The van der Waals surface area contributed by atoms with Crippen molar-refractivity contribution in [2.75, 3.05) is 23.1 Å². The third-order valence-electron chi connectivity index (χ3n) is 7.28. The number of anilines is 2. The number of halogens is 3. The number of hydrogen-bond acceptors (Lipinski definition) is 7. The molecule has 1 aliphatic heterocycles. The van der Waals surface area contributed by atoms with E-state index in [-0.39, 0.29) is 40.4 Å². The molecule has 1 aliphatic rings. The summed E-state index contributed by atoms with van der Waals surface area (Å²) in [5.41, 5.74) is 0.0175. The highest BCUT2D eigenvalue weighted by Gasteiger charge is 2.23. The van der Waals surface area contributed by atoms with Crippen LogP contribution in [0.2, 0.25) is 0 Å². The lowest BCUT2D eigenvalue weighted by Gasteiger charge is -2.26. The van der Waals surface area contributed by atoms with Gasteiger partial charge in [-0.15, -0.1) is 0 Å². The predicted molar refractivity (Wildman–Crippen MR) is 157 cm³/mol. The Morgan fingerprint density at radius 2 is 1.90 bits per heavy atom. The SMILES string of the molecule is CC[C@H](C)n1c(=O)c(-c2ccc(NS(=O)(=O)Cc3ccccc3F)c(F)c2)cc2cnc(N[C@@H]3CNC[C@@H](F)C3)nc21. The van der Waals surface area contributed by atoms with Crippen LogP contribution in [0.1, 0.15) is 38.3 Å². The second kappa shape index (κ2) is 12.1. The van der Waals surface area contributed by atoms with E-state index in [1.165, 1.54) is 34.9 Å². The van der Waals surface area contributed by atoms with E-state index in [1.54, 1.807) is 12.3 Å². The van der Waals surface area contributed by atoms with E-state index >= 15 is 4.39 Å². The van der Waals surface area contributed by atoms with Crippen LogP contribution in [0.4, 0.5) is 24.8 Å². The Kier molecular flexibility index (Phi) is 8.50. The van der Waals surface area contributed by atoms with Crippen molar-refractivity contribution in [3.63, 3.8) is 0 Å². The molecule has 3 heterocycles. The molecule has 3 N–H and O–H groups in total. The van der Waals surface area contributed by atoms with Crippen LogP contribution < -0.4 is 20.9 Å². The molecule has 42 heavy (non-hydrogen) atoms. The highest BCUT2D eigenvalue weighted by atomic mass is 32.2. The predicted octanol–water partition coefficient (Wildman–Crippen LogP) is 4.76. The standard InChI is InChI=1S/C29H31F3N6O3S/c1-3-17(2)38-27-20(13-34-29(36-27)35-22-12-21(30)14-33-15-22)10-23(28(38)39)18-8-9-26(25(32)11-18)37-42(40,41)16-19-6-4-5-7-24(19)31/h4-11,13,17,21-22,33,37H,3,12,14-16H2,1-2H3,(H,34,35,36)/t17-,21-,22-/m0/s1. The van der Waals surface area contributed by atoms with Gasteiger partial charge in [-0.25, -0.2) is 26.6 Å². The molecule has 0 aliphatic carbocycles.